The van der Waals surface area contributed by atoms with Crippen LogP contribution in [0.5, 0.6) is 0 Å². The van der Waals surface area contributed by atoms with Gasteiger partial charge in [-0.25, -0.2) is 0 Å². The molecule has 82 valence electrons. The van der Waals surface area contributed by atoms with Crippen LogP contribution >= 0.6 is 0 Å². The van der Waals surface area contributed by atoms with Crippen LogP contribution in [0.2, 0.25) is 0 Å². The van der Waals surface area contributed by atoms with Gasteiger partial charge in [-0.3, -0.25) is 0 Å². The van der Waals surface area contributed by atoms with Gasteiger partial charge >= 0.3 is 0 Å². The zero-order chi connectivity index (χ0) is 11.7. The molecule has 0 aliphatic rings. The molecule has 0 N–H and O–H groups in total. The molecule has 0 atom stereocenters. The van der Waals surface area contributed by atoms with E-state index in [4.69, 9.17) is 0 Å². The minimum Gasteiger partial charge on any atom is -0.0587 e. The lowest BCUT2D eigenvalue weighted by Gasteiger charge is -2.09. The fraction of sp³-hybridized carbons (Fsp3) is 0.250. The van der Waals surface area contributed by atoms with Crippen molar-refractivity contribution in [1.29, 1.82) is 0 Å². The highest BCUT2D eigenvalue weighted by Crippen LogP contribution is 2.26. The van der Waals surface area contributed by atoms with Crippen molar-refractivity contribution >= 4 is 0 Å². The summed E-state index contributed by atoms with van der Waals surface area (Å²) in [4.78, 5) is 0. The predicted molar refractivity (Wildman–Crippen MR) is 70.8 cm³/mol. The van der Waals surface area contributed by atoms with Crippen LogP contribution in [-0.2, 0) is 0 Å². The second-order valence-electron chi connectivity index (χ2n) is 4.69. The maximum atomic E-state index is 2.25. The number of aryl methyl sites for hydroxylation is 4. The molecular weight excluding hydrogens is 192 g/mol. The van der Waals surface area contributed by atoms with Crippen molar-refractivity contribution in [3.05, 3.63) is 58.7 Å². The van der Waals surface area contributed by atoms with Crippen LogP contribution in [0.15, 0.2) is 36.4 Å². The van der Waals surface area contributed by atoms with Crippen LogP contribution in [0.25, 0.3) is 11.1 Å². The Morgan fingerprint density at radius 3 is 1.81 bits per heavy atom. The normalized spacial score (nSPS) is 10.5. The summed E-state index contributed by atoms with van der Waals surface area (Å²) < 4.78 is 0. The minimum absolute atomic E-state index is 1.32. The third-order valence-electron chi connectivity index (χ3n) is 2.91. The molecule has 16 heavy (non-hydrogen) atoms. The highest BCUT2D eigenvalue weighted by atomic mass is 14.1. The number of rotatable bonds is 1. The maximum Gasteiger partial charge on any atom is -0.0154 e. The first-order valence-electron chi connectivity index (χ1n) is 5.72. The number of hydrogen-bond acceptors (Lipinski definition) is 0. The standard InChI is InChI=1S/C16H18/c1-11-5-6-16(14(4)8-11)15-9-12(2)7-13(3)10-15/h5-10H,1-4H3. The Morgan fingerprint density at radius 2 is 1.25 bits per heavy atom. The first-order valence-corrected chi connectivity index (χ1v) is 5.72. The van der Waals surface area contributed by atoms with Gasteiger partial charge in [-0.1, -0.05) is 53.1 Å². The highest BCUT2D eigenvalue weighted by Gasteiger charge is 2.03. The molecule has 0 nitrogen and oxygen atoms in total. The molecule has 2 aromatic carbocycles. The lowest BCUT2D eigenvalue weighted by atomic mass is 9.96. The molecule has 0 bridgehead atoms. The van der Waals surface area contributed by atoms with E-state index in [1.54, 1.807) is 0 Å². The van der Waals surface area contributed by atoms with Gasteiger partial charge in [0.15, 0.2) is 0 Å². The Balaban J connectivity index is 2.58. The van der Waals surface area contributed by atoms with Gasteiger partial charge < -0.3 is 0 Å². The predicted octanol–water partition coefficient (Wildman–Crippen LogP) is 4.59. The summed E-state index contributed by atoms with van der Waals surface area (Å²) in [5, 5.41) is 0. The molecule has 0 radical (unpaired) electrons. The van der Waals surface area contributed by atoms with Crippen LogP contribution in [0.4, 0.5) is 0 Å². The van der Waals surface area contributed by atoms with Crippen molar-refractivity contribution in [2.45, 2.75) is 27.7 Å². The largest absolute Gasteiger partial charge is 0.0587 e. The Bertz CT molecular complexity index is 501. The van der Waals surface area contributed by atoms with E-state index in [9.17, 15) is 0 Å². The fourth-order valence-corrected chi connectivity index (χ4v) is 2.27. The molecule has 0 unspecified atom stereocenters. The smallest absolute Gasteiger partial charge is 0.0154 e. The van der Waals surface area contributed by atoms with Crippen LogP contribution < -0.4 is 0 Å². The Hall–Kier alpha value is -1.56. The third kappa shape index (κ3) is 2.16. The van der Waals surface area contributed by atoms with Crippen LogP contribution in [0.1, 0.15) is 22.3 Å². The van der Waals surface area contributed by atoms with E-state index in [0.29, 0.717) is 0 Å². The molecule has 2 aromatic rings. The van der Waals surface area contributed by atoms with E-state index < -0.39 is 0 Å². The van der Waals surface area contributed by atoms with Gasteiger partial charge in [-0.05, 0) is 44.4 Å². The van der Waals surface area contributed by atoms with E-state index in [1.807, 2.05) is 0 Å². The summed E-state index contributed by atoms with van der Waals surface area (Å²) in [5.74, 6) is 0. The quantitative estimate of drug-likeness (QED) is 0.646. The first kappa shape index (κ1) is 10.9. The van der Waals surface area contributed by atoms with Crippen molar-refractivity contribution in [2.75, 3.05) is 0 Å². The second-order valence-corrected chi connectivity index (χ2v) is 4.69. The molecule has 0 saturated carbocycles. The topological polar surface area (TPSA) is 0 Å². The second kappa shape index (κ2) is 4.13. The van der Waals surface area contributed by atoms with E-state index in [-0.39, 0.29) is 0 Å². The van der Waals surface area contributed by atoms with Crippen molar-refractivity contribution in [3.8, 4) is 11.1 Å². The van der Waals surface area contributed by atoms with Gasteiger partial charge in [-0.15, -0.1) is 0 Å². The maximum absolute atomic E-state index is 2.25. The third-order valence-corrected chi connectivity index (χ3v) is 2.91. The van der Waals surface area contributed by atoms with Crippen molar-refractivity contribution in [3.63, 3.8) is 0 Å². The van der Waals surface area contributed by atoms with Gasteiger partial charge in [0.2, 0.25) is 0 Å². The summed E-state index contributed by atoms with van der Waals surface area (Å²) in [6.07, 6.45) is 0. The molecule has 0 heteroatoms. The molecule has 0 aliphatic carbocycles. The van der Waals surface area contributed by atoms with Gasteiger partial charge in [0.1, 0.15) is 0 Å². The van der Waals surface area contributed by atoms with Crippen molar-refractivity contribution in [1.82, 2.24) is 0 Å². The first-order chi connectivity index (χ1) is 7.56. The molecular formula is C16H18. The van der Waals surface area contributed by atoms with E-state index in [0.717, 1.165) is 0 Å². The summed E-state index contributed by atoms with van der Waals surface area (Å²) in [5.41, 5.74) is 8.01. The average Bonchev–Trinajstić information content (AvgIpc) is 2.15. The molecule has 0 fully saturated rings. The molecule has 0 aliphatic heterocycles. The van der Waals surface area contributed by atoms with Crippen LogP contribution in [-0.4, -0.2) is 0 Å². The summed E-state index contributed by atoms with van der Waals surface area (Å²) in [6.45, 7) is 8.62. The Morgan fingerprint density at radius 1 is 0.625 bits per heavy atom. The summed E-state index contributed by atoms with van der Waals surface area (Å²) >= 11 is 0. The van der Waals surface area contributed by atoms with Gasteiger partial charge in [0, 0.05) is 0 Å². The zero-order valence-electron chi connectivity index (χ0n) is 10.5. The Kier molecular flexibility index (Phi) is 2.82. The molecule has 0 aromatic heterocycles. The fourth-order valence-electron chi connectivity index (χ4n) is 2.27. The van der Waals surface area contributed by atoms with Gasteiger partial charge in [0.05, 0.1) is 0 Å². The lowest BCUT2D eigenvalue weighted by Crippen LogP contribution is -1.87. The van der Waals surface area contributed by atoms with Gasteiger partial charge in [0.25, 0.3) is 0 Å². The molecule has 0 spiro atoms. The zero-order valence-corrected chi connectivity index (χ0v) is 10.5. The Labute approximate surface area is 97.9 Å². The summed E-state index contributed by atoms with van der Waals surface area (Å²) in [7, 11) is 0. The molecule has 0 saturated heterocycles. The molecule has 2 rings (SSSR count). The number of benzene rings is 2. The van der Waals surface area contributed by atoms with E-state index >= 15 is 0 Å². The lowest BCUT2D eigenvalue weighted by molar-refractivity contribution is 1.35. The molecule has 0 heterocycles. The highest BCUT2D eigenvalue weighted by molar-refractivity contribution is 5.68. The summed E-state index contributed by atoms with van der Waals surface area (Å²) in [6, 6.07) is 13.4. The van der Waals surface area contributed by atoms with Crippen molar-refractivity contribution < 1.29 is 0 Å². The van der Waals surface area contributed by atoms with E-state index in [2.05, 4.69) is 64.1 Å². The van der Waals surface area contributed by atoms with Crippen LogP contribution in [0, 0.1) is 27.7 Å². The van der Waals surface area contributed by atoms with Crippen LogP contribution in [0.3, 0.4) is 0 Å². The molecule has 0 amide bonds. The van der Waals surface area contributed by atoms with E-state index in [1.165, 1.54) is 33.4 Å². The SMILES string of the molecule is Cc1cc(C)cc(-c2ccc(C)cc2C)c1. The van der Waals surface area contributed by atoms with Gasteiger partial charge in [-0.2, -0.15) is 0 Å². The minimum atomic E-state index is 1.32. The monoisotopic (exact) mass is 210 g/mol. The van der Waals surface area contributed by atoms with Crippen molar-refractivity contribution in [2.24, 2.45) is 0 Å². The average molecular weight is 210 g/mol. The number of hydrogen-bond donors (Lipinski definition) is 0.